The molecule has 0 aliphatic rings. The predicted molar refractivity (Wildman–Crippen MR) is 49.1 cm³/mol. The zero-order chi connectivity index (χ0) is 10.3. The molecule has 0 radical (unpaired) electrons. The van der Waals surface area contributed by atoms with Crippen LogP contribution in [0.3, 0.4) is 0 Å². The summed E-state index contributed by atoms with van der Waals surface area (Å²) in [6, 6.07) is 0. The fraction of sp³-hybridized carbons (Fsp3) is 0.444. The van der Waals surface area contributed by atoms with E-state index in [0.29, 0.717) is 13.1 Å². The summed E-state index contributed by atoms with van der Waals surface area (Å²) in [5, 5.41) is 11.2. The maximum absolute atomic E-state index is 12.2. The van der Waals surface area contributed by atoms with Crippen molar-refractivity contribution in [3.05, 3.63) is 24.1 Å². The summed E-state index contributed by atoms with van der Waals surface area (Å²) in [7, 11) is 0. The zero-order valence-electron chi connectivity index (χ0n) is 7.64. The minimum absolute atomic E-state index is 0.0733. The van der Waals surface area contributed by atoms with Crippen LogP contribution in [-0.2, 0) is 4.79 Å². The fourth-order valence-electron chi connectivity index (χ4n) is 0.799. The van der Waals surface area contributed by atoms with Gasteiger partial charge in [-0.1, -0.05) is 12.2 Å². The predicted octanol–water partition coefficient (Wildman–Crippen LogP) is 1.48. The van der Waals surface area contributed by atoms with E-state index in [-0.39, 0.29) is 6.42 Å². The molecule has 0 aliphatic carbocycles. The number of nitrogens with one attached hydrogen (secondary N) is 1. The Morgan fingerprint density at radius 3 is 2.77 bits per heavy atom. The molecule has 2 N–H and O–H groups in total. The van der Waals surface area contributed by atoms with Gasteiger partial charge in [-0.15, -0.1) is 0 Å². The largest absolute Gasteiger partial charge is 0.481 e. The first kappa shape index (κ1) is 11.8. The van der Waals surface area contributed by atoms with Crippen molar-refractivity contribution in [3.63, 3.8) is 0 Å². The second-order valence-electron chi connectivity index (χ2n) is 2.76. The highest BCUT2D eigenvalue weighted by atomic mass is 19.1. The Morgan fingerprint density at radius 2 is 2.31 bits per heavy atom. The molecule has 0 unspecified atom stereocenters. The second-order valence-corrected chi connectivity index (χ2v) is 2.76. The van der Waals surface area contributed by atoms with Crippen LogP contribution in [-0.4, -0.2) is 24.2 Å². The third-order valence-corrected chi connectivity index (χ3v) is 1.32. The van der Waals surface area contributed by atoms with Gasteiger partial charge in [0.1, 0.15) is 5.83 Å². The molecule has 0 heterocycles. The van der Waals surface area contributed by atoms with E-state index >= 15 is 0 Å². The topological polar surface area (TPSA) is 49.3 Å². The molecule has 0 spiro atoms. The standard InChI is InChI=1S/C9H14FNO2/c1-7(5-8(2)10)6-11-4-3-9(12)13/h5,11H,2-4,6H2,1H3,(H,12,13). The van der Waals surface area contributed by atoms with Crippen LogP contribution < -0.4 is 5.32 Å². The smallest absolute Gasteiger partial charge is 0.304 e. The molecule has 0 amide bonds. The maximum atomic E-state index is 12.2. The lowest BCUT2D eigenvalue weighted by atomic mass is 10.2. The van der Waals surface area contributed by atoms with Crippen molar-refractivity contribution in [2.24, 2.45) is 0 Å². The van der Waals surface area contributed by atoms with Gasteiger partial charge in [-0.2, -0.15) is 0 Å². The number of carboxylic acid groups (broad SMARTS) is 1. The quantitative estimate of drug-likeness (QED) is 0.489. The van der Waals surface area contributed by atoms with E-state index in [1.54, 1.807) is 6.92 Å². The summed E-state index contributed by atoms with van der Waals surface area (Å²) in [4.78, 5) is 10.1. The molecule has 0 rings (SSSR count). The Labute approximate surface area is 77.0 Å². The number of allylic oxidation sites excluding steroid dienone is 2. The normalized spacial score (nSPS) is 11.4. The summed E-state index contributed by atoms with van der Waals surface area (Å²) in [5.74, 6) is -1.33. The first-order valence-corrected chi connectivity index (χ1v) is 3.96. The van der Waals surface area contributed by atoms with Gasteiger partial charge >= 0.3 is 5.97 Å². The van der Waals surface area contributed by atoms with E-state index < -0.39 is 11.8 Å². The molecule has 0 aromatic rings. The van der Waals surface area contributed by atoms with Gasteiger partial charge in [-0.05, 0) is 13.0 Å². The maximum Gasteiger partial charge on any atom is 0.304 e. The van der Waals surface area contributed by atoms with Crippen molar-refractivity contribution in [2.75, 3.05) is 13.1 Å². The van der Waals surface area contributed by atoms with Gasteiger partial charge in [0.2, 0.25) is 0 Å². The van der Waals surface area contributed by atoms with Crippen molar-refractivity contribution in [1.82, 2.24) is 5.32 Å². The highest BCUT2D eigenvalue weighted by Crippen LogP contribution is 1.99. The van der Waals surface area contributed by atoms with Crippen molar-refractivity contribution in [2.45, 2.75) is 13.3 Å². The lowest BCUT2D eigenvalue weighted by Gasteiger charge is -2.02. The monoisotopic (exact) mass is 187 g/mol. The van der Waals surface area contributed by atoms with E-state index in [0.717, 1.165) is 5.57 Å². The summed E-state index contributed by atoms with van der Waals surface area (Å²) >= 11 is 0. The Hall–Kier alpha value is -1.16. The number of hydrogen-bond acceptors (Lipinski definition) is 2. The third kappa shape index (κ3) is 8.75. The summed E-state index contributed by atoms with van der Waals surface area (Å²) in [6.45, 7) is 5.71. The Balaban J connectivity index is 3.53. The van der Waals surface area contributed by atoms with Crippen LogP contribution in [0, 0.1) is 0 Å². The second kappa shape index (κ2) is 6.37. The van der Waals surface area contributed by atoms with Gasteiger partial charge in [0, 0.05) is 13.1 Å². The molecular formula is C9H14FNO2. The van der Waals surface area contributed by atoms with Crippen molar-refractivity contribution in [1.29, 1.82) is 0 Å². The van der Waals surface area contributed by atoms with Crippen LogP contribution in [0.15, 0.2) is 24.1 Å². The number of carboxylic acids is 1. The van der Waals surface area contributed by atoms with E-state index in [4.69, 9.17) is 5.11 Å². The van der Waals surface area contributed by atoms with Crippen molar-refractivity contribution in [3.8, 4) is 0 Å². The molecule has 74 valence electrons. The van der Waals surface area contributed by atoms with Gasteiger partial charge in [0.05, 0.1) is 6.42 Å². The number of aliphatic carboxylic acids is 1. The Morgan fingerprint density at radius 1 is 1.69 bits per heavy atom. The zero-order valence-corrected chi connectivity index (χ0v) is 7.64. The number of halogens is 1. The highest BCUT2D eigenvalue weighted by Gasteiger charge is 1.95. The number of rotatable bonds is 6. The van der Waals surface area contributed by atoms with Gasteiger partial charge in [-0.25, -0.2) is 4.39 Å². The van der Waals surface area contributed by atoms with E-state index in [2.05, 4.69) is 11.9 Å². The van der Waals surface area contributed by atoms with Gasteiger partial charge in [-0.3, -0.25) is 4.79 Å². The Kier molecular flexibility index (Phi) is 5.80. The first-order valence-electron chi connectivity index (χ1n) is 3.96. The molecule has 3 nitrogen and oxygen atoms in total. The molecule has 13 heavy (non-hydrogen) atoms. The molecule has 0 saturated heterocycles. The van der Waals surface area contributed by atoms with E-state index in [9.17, 15) is 9.18 Å². The first-order chi connectivity index (χ1) is 6.02. The lowest BCUT2D eigenvalue weighted by Crippen LogP contribution is -2.19. The molecular weight excluding hydrogens is 173 g/mol. The molecule has 0 aromatic carbocycles. The number of carbonyl (C=O) groups is 1. The molecule has 0 bridgehead atoms. The highest BCUT2D eigenvalue weighted by molar-refractivity contribution is 5.66. The average molecular weight is 187 g/mol. The van der Waals surface area contributed by atoms with Gasteiger partial charge < -0.3 is 10.4 Å². The minimum atomic E-state index is -0.843. The summed E-state index contributed by atoms with van der Waals surface area (Å²) in [5.41, 5.74) is 0.790. The summed E-state index contributed by atoms with van der Waals surface area (Å²) in [6.07, 6.45) is 1.39. The van der Waals surface area contributed by atoms with Crippen LogP contribution in [0.1, 0.15) is 13.3 Å². The van der Waals surface area contributed by atoms with Gasteiger partial charge in [0.25, 0.3) is 0 Å². The third-order valence-electron chi connectivity index (χ3n) is 1.32. The summed E-state index contributed by atoms with van der Waals surface area (Å²) < 4.78 is 12.2. The molecule has 4 heteroatoms. The van der Waals surface area contributed by atoms with Crippen molar-refractivity contribution < 1.29 is 14.3 Å². The SMILES string of the molecule is C=C(F)C=C(C)CNCCC(=O)O. The molecule has 0 aromatic heterocycles. The van der Waals surface area contributed by atoms with Crippen LogP contribution in [0.25, 0.3) is 0 Å². The van der Waals surface area contributed by atoms with Crippen LogP contribution in [0.4, 0.5) is 4.39 Å². The van der Waals surface area contributed by atoms with Gasteiger partial charge in [0.15, 0.2) is 0 Å². The average Bonchev–Trinajstić information content (AvgIpc) is 1.96. The lowest BCUT2D eigenvalue weighted by molar-refractivity contribution is -0.136. The molecule has 0 aliphatic heterocycles. The van der Waals surface area contributed by atoms with Crippen LogP contribution in [0.2, 0.25) is 0 Å². The molecule has 0 fully saturated rings. The van der Waals surface area contributed by atoms with E-state index in [1.807, 2.05) is 0 Å². The Bertz CT molecular complexity index is 224. The fourth-order valence-corrected chi connectivity index (χ4v) is 0.799. The van der Waals surface area contributed by atoms with Crippen LogP contribution >= 0.6 is 0 Å². The molecule has 0 saturated carbocycles. The van der Waals surface area contributed by atoms with Crippen molar-refractivity contribution >= 4 is 5.97 Å². The van der Waals surface area contributed by atoms with E-state index in [1.165, 1.54) is 6.08 Å². The number of hydrogen-bond donors (Lipinski definition) is 2. The molecule has 0 atom stereocenters. The minimum Gasteiger partial charge on any atom is -0.481 e. The van der Waals surface area contributed by atoms with Crippen LogP contribution in [0.5, 0.6) is 0 Å².